The van der Waals surface area contributed by atoms with Gasteiger partial charge >= 0.3 is 6.18 Å². The van der Waals surface area contributed by atoms with Crippen molar-refractivity contribution in [2.45, 2.75) is 6.18 Å². The first-order chi connectivity index (χ1) is 13.4. The van der Waals surface area contributed by atoms with Crippen LogP contribution < -0.4 is 15.8 Å². The van der Waals surface area contributed by atoms with Gasteiger partial charge in [0.05, 0.1) is 11.8 Å². The number of rotatable bonds is 5. The van der Waals surface area contributed by atoms with Crippen LogP contribution >= 0.6 is 0 Å². The fourth-order valence-corrected chi connectivity index (χ4v) is 3.17. The van der Waals surface area contributed by atoms with Gasteiger partial charge in [0.15, 0.2) is 0 Å². The van der Waals surface area contributed by atoms with Crippen molar-refractivity contribution in [1.82, 2.24) is 15.2 Å². The van der Waals surface area contributed by atoms with Gasteiger partial charge in [-0.25, -0.2) is 17.9 Å². The summed E-state index contributed by atoms with van der Waals surface area (Å²) in [6.07, 6.45) is -4.01. The number of hydrogen-bond acceptors (Lipinski definition) is 6. The van der Waals surface area contributed by atoms with Crippen molar-refractivity contribution in [1.29, 1.82) is 0 Å². The van der Waals surface area contributed by atoms with Gasteiger partial charge in [-0.1, -0.05) is 12.1 Å². The number of sulfonamides is 1. The molecule has 0 atom stereocenters. The fraction of sp³-hybridized carbons (Fsp3) is 0.125. The van der Waals surface area contributed by atoms with Crippen LogP contribution in [0.3, 0.4) is 0 Å². The summed E-state index contributed by atoms with van der Waals surface area (Å²) in [7, 11) is -3.67. The number of nitrogens with one attached hydrogen (secondary N) is 3. The number of benzene rings is 2. The summed E-state index contributed by atoms with van der Waals surface area (Å²) in [5, 5.41) is 8.32. The van der Waals surface area contributed by atoms with E-state index < -0.39 is 33.1 Å². The summed E-state index contributed by atoms with van der Waals surface area (Å²) in [6.45, 7) is 0. The highest BCUT2D eigenvalue weighted by Gasteiger charge is 2.36. The van der Waals surface area contributed by atoms with E-state index in [0.717, 1.165) is 18.4 Å². The average molecular weight is 430 g/mol. The molecule has 0 bridgehead atoms. The molecule has 0 unspecified atom stereocenters. The Morgan fingerprint density at radius 1 is 1.14 bits per heavy atom. The van der Waals surface area contributed by atoms with Crippen LogP contribution in [0.25, 0.3) is 11.1 Å². The number of nitrogens with two attached hydrogens (primary N) is 1. The molecule has 1 aromatic heterocycles. The molecule has 2 aromatic carbocycles. The predicted molar refractivity (Wildman–Crippen MR) is 99.4 cm³/mol. The van der Waals surface area contributed by atoms with Crippen LogP contribution in [-0.2, 0) is 16.2 Å². The topological polar surface area (TPSA) is 126 Å². The van der Waals surface area contributed by atoms with Crippen molar-refractivity contribution >= 4 is 33.3 Å². The molecule has 3 rings (SSSR count). The van der Waals surface area contributed by atoms with E-state index in [1.54, 1.807) is 0 Å². The molecule has 154 valence electrons. The molecule has 13 heteroatoms. The second-order valence-electron chi connectivity index (χ2n) is 6.00. The molecule has 29 heavy (non-hydrogen) atoms. The third-order valence-electron chi connectivity index (χ3n) is 3.62. The number of nitrogen functional groups attached to an aromatic ring is 1. The van der Waals surface area contributed by atoms with E-state index in [1.165, 1.54) is 18.2 Å². The zero-order valence-electron chi connectivity index (χ0n) is 14.7. The smallest absolute Gasteiger partial charge is 0.366 e. The Morgan fingerprint density at radius 2 is 1.86 bits per heavy atom. The standard InChI is InChI=1S/C16H14F4N6O2S/c1-29(27,28)26-9-4-2-3-8(5-9)13-11(16(18,19)20)6-10(7-12(13)17)22-15-23-14(21)24-25-15/h2-7,26H,1H3,(H4,21,22,23,24,25). The molecule has 0 saturated heterocycles. The van der Waals surface area contributed by atoms with Crippen molar-refractivity contribution in [3.63, 3.8) is 0 Å². The Bertz CT molecular complexity index is 1160. The lowest BCUT2D eigenvalue weighted by atomic mass is 9.97. The number of halogens is 4. The normalized spacial score (nSPS) is 12.0. The number of hydrogen-bond donors (Lipinski definition) is 4. The Hall–Kier alpha value is -3.35. The van der Waals surface area contributed by atoms with E-state index in [9.17, 15) is 26.0 Å². The molecule has 0 aliphatic heterocycles. The number of aromatic amines is 1. The zero-order chi connectivity index (χ0) is 21.4. The molecule has 0 aliphatic rings. The number of nitrogens with zero attached hydrogens (tertiary/aromatic N) is 2. The number of alkyl halides is 3. The van der Waals surface area contributed by atoms with Gasteiger partial charge < -0.3 is 11.1 Å². The van der Waals surface area contributed by atoms with E-state index in [2.05, 4.69) is 25.2 Å². The van der Waals surface area contributed by atoms with E-state index in [1.807, 2.05) is 0 Å². The zero-order valence-corrected chi connectivity index (χ0v) is 15.5. The first kappa shape index (κ1) is 20.4. The number of H-pyrrole nitrogens is 1. The molecular weight excluding hydrogens is 416 g/mol. The fourth-order valence-electron chi connectivity index (χ4n) is 2.62. The summed E-state index contributed by atoms with van der Waals surface area (Å²) in [4.78, 5) is 3.68. The van der Waals surface area contributed by atoms with Crippen LogP contribution in [0.15, 0.2) is 36.4 Å². The van der Waals surface area contributed by atoms with Crippen molar-refractivity contribution in [2.24, 2.45) is 0 Å². The molecule has 5 N–H and O–H groups in total. The first-order valence-electron chi connectivity index (χ1n) is 7.86. The van der Waals surface area contributed by atoms with Gasteiger partial charge in [-0.15, -0.1) is 5.10 Å². The van der Waals surface area contributed by atoms with Crippen molar-refractivity contribution in [3.05, 3.63) is 47.8 Å². The highest BCUT2D eigenvalue weighted by Crippen LogP contribution is 2.41. The Balaban J connectivity index is 2.10. The van der Waals surface area contributed by atoms with Crippen LogP contribution in [0.5, 0.6) is 0 Å². The molecular formula is C16H14F4N6O2S. The maximum Gasteiger partial charge on any atom is 0.417 e. The van der Waals surface area contributed by atoms with Crippen LogP contribution in [0.1, 0.15) is 5.56 Å². The van der Waals surface area contributed by atoms with Gasteiger partial charge in [-0.3, -0.25) is 4.72 Å². The minimum absolute atomic E-state index is 0.00291. The van der Waals surface area contributed by atoms with E-state index >= 15 is 0 Å². The lowest BCUT2D eigenvalue weighted by Gasteiger charge is -2.17. The summed E-state index contributed by atoms with van der Waals surface area (Å²) < 4.78 is 80.6. The van der Waals surface area contributed by atoms with Crippen LogP contribution in [0.2, 0.25) is 0 Å². The molecule has 0 spiro atoms. The Kier molecular flexibility index (Phi) is 5.09. The maximum atomic E-state index is 14.8. The van der Waals surface area contributed by atoms with Crippen LogP contribution in [0, 0.1) is 5.82 Å². The quantitative estimate of drug-likeness (QED) is 0.460. The number of anilines is 4. The average Bonchev–Trinajstić information content (AvgIpc) is 2.97. The SMILES string of the molecule is CS(=O)(=O)Nc1cccc(-c2c(F)cc(Nc3nc(N)n[nH]3)cc2C(F)(F)F)c1. The van der Waals surface area contributed by atoms with Crippen LogP contribution in [-0.4, -0.2) is 29.9 Å². The number of aromatic nitrogens is 3. The van der Waals surface area contributed by atoms with E-state index in [4.69, 9.17) is 5.73 Å². The summed E-state index contributed by atoms with van der Waals surface area (Å²) in [5.41, 5.74) is 2.95. The molecule has 0 saturated carbocycles. The highest BCUT2D eigenvalue weighted by atomic mass is 32.2. The Labute approximate surface area is 162 Å². The molecule has 3 aromatic rings. The lowest BCUT2D eigenvalue weighted by molar-refractivity contribution is -0.137. The van der Waals surface area contributed by atoms with Gasteiger partial charge in [0.25, 0.3) is 0 Å². The van der Waals surface area contributed by atoms with Crippen molar-refractivity contribution in [3.8, 4) is 11.1 Å². The van der Waals surface area contributed by atoms with Crippen LogP contribution in [0.4, 0.5) is 40.8 Å². The summed E-state index contributed by atoms with van der Waals surface area (Å²) in [6, 6.07) is 6.55. The maximum absolute atomic E-state index is 14.8. The first-order valence-corrected chi connectivity index (χ1v) is 9.75. The van der Waals surface area contributed by atoms with Gasteiger partial charge in [0.1, 0.15) is 5.82 Å². The van der Waals surface area contributed by atoms with E-state index in [-0.39, 0.29) is 28.8 Å². The molecule has 8 nitrogen and oxygen atoms in total. The van der Waals surface area contributed by atoms with E-state index in [0.29, 0.717) is 6.07 Å². The van der Waals surface area contributed by atoms with Crippen molar-refractivity contribution in [2.75, 3.05) is 22.0 Å². The lowest BCUT2D eigenvalue weighted by Crippen LogP contribution is -2.11. The van der Waals surface area contributed by atoms with Gasteiger partial charge in [-0.2, -0.15) is 18.2 Å². The van der Waals surface area contributed by atoms with Gasteiger partial charge in [-0.05, 0) is 29.8 Å². The summed E-state index contributed by atoms with van der Waals surface area (Å²) >= 11 is 0. The van der Waals surface area contributed by atoms with Gasteiger partial charge in [0.2, 0.25) is 21.9 Å². The second-order valence-corrected chi connectivity index (χ2v) is 7.75. The molecule has 0 aliphatic carbocycles. The van der Waals surface area contributed by atoms with Gasteiger partial charge in [0, 0.05) is 16.9 Å². The Morgan fingerprint density at radius 3 is 2.45 bits per heavy atom. The molecule has 0 amide bonds. The summed E-state index contributed by atoms with van der Waals surface area (Å²) in [5.74, 6) is -1.38. The minimum atomic E-state index is -4.89. The molecule has 1 heterocycles. The largest absolute Gasteiger partial charge is 0.417 e. The third-order valence-corrected chi connectivity index (χ3v) is 4.22. The molecule has 0 radical (unpaired) electrons. The monoisotopic (exact) mass is 430 g/mol. The molecule has 0 fully saturated rings. The minimum Gasteiger partial charge on any atom is -0.366 e. The van der Waals surface area contributed by atoms with Crippen molar-refractivity contribution < 1.29 is 26.0 Å². The predicted octanol–water partition coefficient (Wildman–Crippen LogP) is 3.33. The second kappa shape index (κ2) is 7.24. The highest BCUT2D eigenvalue weighted by molar-refractivity contribution is 7.92. The third kappa shape index (κ3) is 4.93.